The highest BCUT2D eigenvalue weighted by Gasteiger charge is 2.04. The highest BCUT2D eigenvalue weighted by Crippen LogP contribution is 2.24. The summed E-state index contributed by atoms with van der Waals surface area (Å²) in [7, 11) is 1.61. The standard InChI is InChI=1S/C11H9ClN2O/c1-14-11(15)7-6-10(13-14)8-4-2-3-5-9(8)12/h2-7H,1H3. The van der Waals surface area contributed by atoms with Gasteiger partial charge in [0.1, 0.15) is 0 Å². The van der Waals surface area contributed by atoms with E-state index < -0.39 is 0 Å². The Morgan fingerprint density at radius 3 is 2.60 bits per heavy atom. The maximum absolute atomic E-state index is 11.2. The van der Waals surface area contributed by atoms with Gasteiger partial charge in [0.2, 0.25) is 0 Å². The lowest BCUT2D eigenvalue weighted by Crippen LogP contribution is -2.18. The van der Waals surface area contributed by atoms with Gasteiger partial charge in [0.15, 0.2) is 0 Å². The first-order valence-electron chi connectivity index (χ1n) is 4.48. The lowest BCUT2D eigenvalue weighted by Gasteiger charge is -2.04. The molecule has 2 aromatic rings. The lowest BCUT2D eigenvalue weighted by molar-refractivity contribution is 0.712. The molecule has 0 aliphatic heterocycles. The van der Waals surface area contributed by atoms with Gasteiger partial charge in [-0.15, -0.1) is 0 Å². The summed E-state index contributed by atoms with van der Waals surface area (Å²) in [4.78, 5) is 11.2. The third kappa shape index (κ3) is 1.92. The lowest BCUT2D eigenvalue weighted by atomic mass is 10.1. The van der Waals surface area contributed by atoms with E-state index in [0.717, 1.165) is 5.56 Å². The molecular formula is C11H9ClN2O. The van der Waals surface area contributed by atoms with Crippen LogP contribution in [0.1, 0.15) is 0 Å². The Morgan fingerprint density at radius 1 is 1.20 bits per heavy atom. The van der Waals surface area contributed by atoms with Crippen LogP contribution in [0.15, 0.2) is 41.2 Å². The first-order chi connectivity index (χ1) is 7.18. The second-order valence-corrected chi connectivity index (χ2v) is 3.57. The number of hydrogen-bond donors (Lipinski definition) is 0. The molecule has 15 heavy (non-hydrogen) atoms. The van der Waals surface area contributed by atoms with Gasteiger partial charge < -0.3 is 0 Å². The largest absolute Gasteiger partial charge is 0.268 e. The van der Waals surface area contributed by atoms with Gasteiger partial charge >= 0.3 is 0 Å². The molecule has 1 heterocycles. The van der Waals surface area contributed by atoms with E-state index in [0.29, 0.717) is 10.7 Å². The van der Waals surface area contributed by atoms with Gasteiger partial charge in [0.05, 0.1) is 10.7 Å². The Balaban J connectivity index is 2.60. The Bertz CT molecular complexity index is 548. The van der Waals surface area contributed by atoms with E-state index in [1.165, 1.54) is 10.7 Å². The van der Waals surface area contributed by atoms with Crippen LogP contribution in [-0.2, 0) is 7.05 Å². The van der Waals surface area contributed by atoms with Crippen molar-refractivity contribution in [2.24, 2.45) is 7.05 Å². The summed E-state index contributed by atoms with van der Waals surface area (Å²) in [6, 6.07) is 10.6. The van der Waals surface area contributed by atoms with Crippen molar-refractivity contribution in [3.05, 3.63) is 51.8 Å². The van der Waals surface area contributed by atoms with Crippen molar-refractivity contribution in [2.45, 2.75) is 0 Å². The van der Waals surface area contributed by atoms with Gasteiger partial charge in [-0.2, -0.15) is 5.10 Å². The molecule has 0 aliphatic rings. The van der Waals surface area contributed by atoms with Crippen LogP contribution in [0, 0.1) is 0 Å². The molecule has 4 heteroatoms. The SMILES string of the molecule is Cn1nc(-c2ccccc2Cl)ccc1=O. The summed E-state index contributed by atoms with van der Waals surface area (Å²) in [5.41, 5.74) is 1.39. The van der Waals surface area contributed by atoms with Gasteiger partial charge in [-0.3, -0.25) is 4.79 Å². The van der Waals surface area contributed by atoms with Crippen LogP contribution < -0.4 is 5.56 Å². The molecule has 1 aromatic heterocycles. The molecule has 0 atom stereocenters. The fraction of sp³-hybridized carbons (Fsp3) is 0.0909. The van der Waals surface area contributed by atoms with Gasteiger partial charge in [0.25, 0.3) is 5.56 Å². The summed E-state index contributed by atoms with van der Waals surface area (Å²) < 4.78 is 1.29. The molecule has 1 aromatic carbocycles. The third-order valence-electron chi connectivity index (χ3n) is 2.11. The predicted octanol–water partition coefficient (Wildman–Crippen LogP) is 2.10. The second-order valence-electron chi connectivity index (χ2n) is 3.16. The van der Waals surface area contributed by atoms with Gasteiger partial charge in [0, 0.05) is 18.7 Å². The number of rotatable bonds is 1. The molecule has 3 nitrogen and oxygen atoms in total. The van der Waals surface area contributed by atoms with Crippen LogP contribution >= 0.6 is 11.6 Å². The zero-order valence-corrected chi connectivity index (χ0v) is 8.90. The molecule has 0 unspecified atom stereocenters. The van der Waals surface area contributed by atoms with Crippen LogP contribution in [0.2, 0.25) is 5.02 Å². The molecule has 0 saturated heterocycles. The van der Waals surface area contributed by atoms with E-state index in [9.17, 15) is 4.79 Å². The van der Waals surface area contributed by atoms with E-state index in [1.54, 1.807) is 19.2 Å². The number of aromatic nitrogens is 2. The first kappa shape index (κ1) is 9.93. The van der Waals surface area contributed by atoms with Crippen LogP contribution in [0.4, 0.5) is 0 Å². The van der Waals surface area contributed by atoms with Crippen molar-refractivity contribution in [1.29, 1.82) is 0 Å². The van der Waals surface area contributed by atoms with Crippen molar-refractivity contribution in [2.75, 3.05) is 0 Å². The molecule has 76 valence electrons. The molecule has 2 rings (SSSR count). The van der Waals surface area contributed by atoms with E-state index in [2.05, 4.69) is 5.10 Å². The topological polar surface area (TPSA) is 34.9 Å². The number of hydrogen-bond acceptors (Lipinski definition) is 2. The second kappa shape index (κ2) is 3.87. The van der Waals surface area contributed by atoms with E-state index in [4.69, 9.17) is 11.6 Å². The fourth-order valence-electron chi connectivity index (χ4n) is 1.31. The maximum atomic E-state index is 11.2. The van der Waals surface area contributed by atoms with Gasteiger partial charge in [-0.05, 0) is 12.1 Å². The normalized spacial score (nSPS) is 10.3. The number of halogens is 1. The van der Waals surface area contributed by atoms with Crippen molar-refractivity contribution in [1.82, 2.24) is 9.78 Å². The maximum Gasteiger partial charge on any atom is 0.266 e. The summed E-state index contributed by atoms with van der Waals surface area (Å²) >= 11 is 6.02. The average Bonchev–Trinajstić information content (AvgIpc) is 2.23. The molecule has 0 aliphatic carbocycles. The Hall–Kier alpha value is -1.61. The Morgan fingerprint density at radius 2 is 1.93 bits per heavy atom. The minimum Gasteiger partial charge on any atom is -0.268 e. The zero-order chi connectivity index (χ0) is 10.8. The summed E-state index contributed by atoms with van der Waals surface area (Å²) in [6.45, 7) is 0. The van der Waals surface area contributed by atoms with Gasteiger partial charge in [-0.1, -0.05) is 29.8 Å². The molecule has 0 N–H and O–H groups in total. The smallest absolute Gasteiger partial charge is 0.266 e. The fourth-order valence-corrected chi connectivity index (χ4v) is 1.55. The van der Waals surface area contributed by atoms with Gasteiger partial charge in [-0.25, -0.2) is 4.68 Å². The predicted molar refractivity (Wildman–Crippen MR) is 59.9 cm³/mol. The summed E-state index contributed by atoms with van der Waals surface area (Å²) in [5, 5.41) is 4.75. The molecule has 0 amide bonds. The molecule has 0 saturated carbocycles. The minimum absolute atomic E-state index is 0.134. The number of benzene rings is 1. The van der Waals surface area contributed by atoms with Crippen molar-refractivity contribution >= 4 is 11.6 Å². The Labute approximate surface area is 91.9 Å². The van der Waals surface area contributed by atoms with E-state index in [-0.39, 0.29) is 5.56 Å². The van der Waals surface area contributed by atoms with E-state index >= 15 is 0 Å². The van der Waals surface area contributed by atoms with Crippen LogP contribution in [0.3, 0.4) is 0 Å². The van der Waals surface area contributed by atoms with Crippen molar-refractivity contribution < 1.29 is 0 Å². The molecule has 0 fully saturated rings. The highest BCUT2D eigenvalue weighted by molar-refractivity contribution is 6.33. The molecule has 0 radical (unpaired) electrons. The monoisotopic (exact) mass is 220 g/mol. The average molecular weight is 221 g/mol. The number of nitrogens with zero attached hydrogens (tertiary/aromatic N) is 2. The van der Waals surface area contributed by atoms with E-state index in [1.807, 2.05) is 18.2 Å². The van der Waals surface area contributed by atoms with Crippen LogP contribution in [-0.4, -0.2) is 9.78 Å². The molecule has 0 bridgehead atoms. The summed E-state index contributed by atoms with van der Waals surface area (Å²) in [5.74, 6) is 0. The first-order valence-corrected chi connectivity index (χ1v) is 4.85. The van der Waals surface area contributed by atoms with Crippen molar-refractivity contribution in [3.8, 4) is 11.3 Å². The third-order valence-corrected chi connectivity index (χ3v) is 2.44. The number of aryl methyl sites for hydroxylation is 1. The quantitative estimate of drug-likeness (QED) is 0.738. The van der Waals surface area contributed by atoms with Crippen molar-refractivity contribution in [3.63, 3.8) is 0 Å². The molecular weight excluding hydrogens is 212 g/mol. The minimum atomic E-state index is -0.134. The molecule has 0 spiro atoms. The zero-order valence-electron chi connectivity index (χ0n) is 8.14. The van der Waals surface area contributed by atoms with Crippen LogP contribution in [0.5, 0.6) is 0 Å². The summed E-state index contributed by atoms with van der Waals surface area (Å²) in [6.07, 6.45) is 0. The Kier molecular flexibility index (Phi) is 2.56. The van der Waals surface area contributed by atoms with Crippen LogP contribution in [0.25, 0.3) is 11.3 Å². The highest BCUT2D eigenvalue weighted by atomic mass is 35.5.